The predicted molar refractivity (Wildman–Crippen MR) is 92.1 cm³/mol. The first-order valence-corrected chi connectivity index (χ1v) is 9.61. The number of rotatable bonds is 2. The Labute approximate surface area is 136 Å². The van der Waals surface area contributed by atoms with E-state index in [0.717, 1.165) is 17.8 Å². The number of thiazole rings is 1. The molecule has 4 fully saturated rings. The summed E-state index contributed by atoms with van der Waals surface area (Å²) in [6, 6.07) is 8.83. The van der Waals surface area contributed by atoms with Gasteiger partial charge < -0.3 is 0 Å². The molecule has 0 spiro atoms. The maximum atomic E-state index is 5.12. The molecule has 2 aromatic rings. The van der Waals surface area contributed by atoms with Crippen LogP contribution >= 0.6 is 11.3 Å². The second kappa shape index (κ2) is 4.67. The summed E-state index contributed by atoms with van der Waals surface area (Å²) in [5, 5.41) is 3.59. The van der Waals surface area contributed by atoms with Crippen LogP contribution in [-0.2, 0) is 5.41 Å². The van der Waals surface area contributed by atoms with Crippen molar-refractivity contribution in [2.45, 2.75) is 50.9 Å². The number of aromatic nitrogens is 1. The maximum Gasteiger partial charge on any atom is 0.123 e. The van der Waals surface area contributed by atoms with Crippen molar-refractivity contribution in [3.8, 4) is 10.6 Å². The lowest BCUT2D eigenvalue weighted by molar-refractivity contribution is -0.00689. The third-order valence-corrected chi connectivity index (χ3v) is 7.28. The number of hydrogen-bond acceptors (Lipinski definition) is 2. The van der Waals surface area contributed by atoms with Crippen LogP contribution in [0.25, 0.3) is 10.6 Å². The molecule has 1 nitrogen and oxygen atoms in total. The first-order chi connectivity index (χ1) is 10.7. The molecule has 0 saturated heterocycles. The standard InChI is InChI=1S/C20H23NS/c1-13-2-4-17(5-3-13)19-21-18(12-22-19)20-9-14-6-15(10-20)8-16(7-14)11-20/h2-5,12,14-16H,6-11H2,1H3. The highest BCUT2D eigenvalue weighted by Gasteiger charge is 2.52. The number of benzene rings is 1. The average molecular weight is 309 g/mol. The Kier molecular flexibility index (Phi) is 2.83. The Balaban J connectivity index is 1.50. The molecule has 0 atom stereocenters. The van der Waals surface area contributed by atoms with Crippen LogP contribution in [0.4, 0.5) is 0 Å². The Morgan fingerprint density at radius 1 is 0.955 bits per heavy atom. The molecule has 0 N–H and O–H groups in total. The Morgan fingerprint density at radius 3 is 2.14 bits per heavy atom. The van der Waals surface area contributed by atoms with Crippen LogP contribution in [0.1, 0.15) is 49.8 Å². The monoisotopic (exact) mass is 309 g/mol. The quantitative estimate of drug-likeness (QED) is 0.705. The molecule has 0 radical (unpaired) electrons. The van der Waals surface area contributed by atoms with Crippen LogP contribution < -0.4 is 0 Å². The van der Waals surface area contributed by atoms with E-state index in [1.54, 1.807) is 0 Å². The fourth-order valence-electron chi connectivity index (χ4n) is 5.77. The second-order valence-corrected chi connectivity index (χ2v) is 8.96. The topological polar surface area (TPSA) is 12.9 Å². The summed E-state index contributed by atoms with van der Waals surface area (Å²) in [6.07, 6.45) is 8.76. The zero-order chi connectivity index (χ0) is 14.7. The molecule has 22 heavy (non-hydrogen) atoms. The van der Waals surface area contributed by atoms with Crippen LogP contribution in [0.15, 0.2) is 29.6 Å². The van der Waals surface area contributed by atoms with E-state index in [1.165, 1.54) is 60.4 Å². The summed E-state index contributed by atoms with van der Waals surface area (Å²) in [4.78, 5) is 5.12. The molecule has 4 aliphatic carbocycles. The van der Waals surface area contributed by atoms with Gasteiger partial charge in [-0.2, -0.15) is 0 Å². The van der Waals surface area contributed by atoms with Crippen LogP contribution in [0.2, 0.25) is 0 Å². The van der Waals surface area contributed by atoms with E-state index >= 15 is 0 Å². The van der Waals surface area contributed by atoms with Crippen molar-refractivity contribution in [2.24, 2.45) is 17.8 Å². The third kappa shape index (κ3) is 2.00. The van der Waals surface area contributed by atoms with Gasteiger partial charge in [-0.25, -0.2) is 4.98 Å². The highest BCUT2D eigenvalue weighted by atomic mass is 32.1. The molecule has 2 heteroatoms. The number of hydrogen-bond donors (Lipinski definition) is 0. The van der Waals surface area contributed by atoms with E-state index in [0.29, 0.717) is 5.41 Å². The van der Waals surface area contributed by atoms with Gasteiger partial charge >= 0.3 is 0 Å². The average Bonchev–Trinajstić information content (AvgIpc) is 2.97. The lowest BCUT2D eigenvalue weighted by Crippen LogP contribution is -2.48. The van der Waals surface area contributed by atoms with E-state index in [1.807, 2.05) is 11.3 Å². The lowest BCUT2D eigenvalue weighted by Gasteiger charge is -2.56. The van der Waals surface area contributed by atoms with Gasteiger partial charge in [-0.05, 0) is 63.2 Å². The van der Waals surface area contributed by atoms with Crippen molar-refractivity contribution >= 4 is 11.3 Å². The summed E-state index contributed by atoms with van der Waals surface area (Å²) < 4.78 is 0. The fraction of sp³-hybridized carbons (Fsp3) is 0.550. The van der Waals surface area contributed by atoms with E-state index in [4.69, 9.17) is 4.98 Å². The van der Waals surface area contributed by atoms with Gasteiger partial charge in [0.25, 0.3) is 0 Å². The minimum atomic E-state index is 0.439. The summed E-state index contributed by atoms with van der Waals surface area (Å²) >= 11 is 1.85. The smallest absolute Gasteiger partial charge is 0.123 e. The first kappa shape index (κ1) is 13.3. The van der Waals surface area contributed by atoms with Crippen LogP contribution in [0.5, 0.6) is 0 Å². The second-order valence-electron chi connectivity index (χ2n) is 8.10. The van der Waals surface area contributed by atoms with E-state index in [9.17, 15) is 0 Å². The minimum Gasteiger partial charge on any atom is -0.241 e. The molecule has 0 aliphatic heterocycles. The van der Waals surface area contributed by atoms with Gasteiger partial charge in [-0.3, -0.25) is 0 Å². The zero-order valence-corrected chi connectivity index (χ0v) is 14.0. The van der Waals surface area contributed by atoms with E-state index in [-0.39, 0.29) is 0 Å². The molecule has 1 aromatic heterocycles. The van der Waals surface area contributed by atoms with Crippen molar-refractivity contribution in [2.75, 3.05) is 0 Å². The van der Waals surface area contributed by atoms with Crippen molar-refractivity contribution in [1.82, 2.24) is 4.98 Å². The molecule has 4 aliphatic rings. The third-order valence-electron chi connectivity index (χ3n) is 6.38. The Hall–Kier alpha value is -1.15. The summed E-state index contributed by atoms with van der Waals surface area (Å²) in [5.74, 6) is 2.99. The number of aryl methyl sites for hydroxylation is 1. The highest BCUT2D eigenvalue weighted by molar-refractivity contribution is 7.13. The van der Waals surface area contributed by atoms with Gasteiger partial charge in [0.1, 0.15) is 5.01 Å². The van der Waals surface area contributed by atoms with Crippen LogP contribution in [-0.4, -0.2) is 4.98 Å². The van der Waals surface area contributed by atoms with Crippen molar-refractivity contribution in [3.63, 3.8) is 0 Å². The Bertz CT molecular complexity index is 661. The maximum absolute atomic E-state index is 5.12. The molecule has 1 aromatic carbocycles. The molecular formula is C20H23NS. The largest absolute Gasteiger partial charge is 0.241 e. The molecular weight excluding hydrogens is 286 g/mol. The normalized spacial score (nSPS) is 36.0. The Morgan fingerprint density at radius 2 is 1.55 bits per heavy atom. The van der Waals surface area contributed by atoms with E-state index in [2.05, 4.69) is 36.6 Å². The van der Waals surface area contributed by atoms with Gasteiger partial charge in [0.15, 0.2) is 0 Å². The number of nitrogens with zero attached hydrogens (tertiary/aromatic N) is 1. The highest BCUT2D eigenvalue weighted by Crippen LogP contribution is 2.60. The van der Waals surface area contributed by atoms with Gasteiger partial charge in [-0.1, -0.05) is 29.8 Å². The SMILES string of the molecule is Cc1ccc(-c2nc(C34CC5CC(CC(C5)C3)C4)cs2)cc1. The van der Waals surface area contributed by atoms with E-state index < -0.39 is 0 Å². The van der Waals surface area contributed by atoms with Gasteiger partial charge in [0, 0.05) is 16.4 Å². The molecule has 4 bridgehead atoms. The van der Waals surface area contributed by atoms with Crippen molar-refractivity contribution in [1.29, 1.82) is 0 Å². The first-order valence-electron chi connectivity index (χ1n) is 8.73. The summed E-state index contributed by atoms with van der Waals surface area (Å²) in [7, 11) is 0. The van der Waals surface area contributed by atoms with Gasteiger partial charge in [-0.15, -0.1) is 11.3 Å². The molecule has 0 amide bonds. The molecule has 4 saturated carbocycles. The molecule has 114 valence electrons. The predicted octanol–water partition coefficient (Wildman–Crippen LogP) is 5.59. The van der Waals surface area contributed by atoms with Crippen LogP contribution in [0, 0.1) is 24.7 Å². The van der Waals surface area contributed by atoms with Crippen molar-refractivity contribution in [3.05, 3.63) is 40.9 Å². The van der Waals surface area contributed by atoms with Crippen molar-refractivity contribution < 1.29 is 0 Å². The summed E-state index contributed by atoms with van der Waals surface area (Å²) in [5.41, 5.74) is 4.47. The molecule has 6 rings (SSSR count). The lowest BCUT2D eigenvalue weighted by atomic mass is 9.49. The zero-order valence-electron chi connectivity index (χ0n) is 13.2. The fourth-order valence-corrected chi connectivity index (χ4v) is 6.72. The molecule has 0 unspecified atom stereocenters. The van der Waals surface area contributed by atoms with Crippen LogP contribution in [0.3, 0.4) is 0 Å². The van der Waals surface area contributed by atoms with Gasteiger partial charge in [0.05, 0.1) is 5.69 Å². The van der Waals surface area contributed by atoms with Gasteiger partial charge in [0.2, 0.25) is 0 Å². The molecule has 1 heterocycles. The summed E-state index contributed by atoms with van der Waals surface area (Å²) in [6.45, 7) is 2.15. The minimum absolute atomic E-state index is 0.439.